The van der Waals surface area contributed by atoms with Gasteiger partial charge in [-0.15, -0.1) is 0 Å². The molecular formula is C15H29BN2O4. The van der Waals surface area contributed by atoms with Gasteiger partial charge in [-0.3, -0.25) is 4.79 Å². The lowest BCUT2D eigenvalue weighted by Gasteiger charge is -2.42. The number of rotatable bonds is 7. The Morgan fingerprint density at radius 3 is 2.50 bits per heavy atom. The average Bonchev–Trinajstić information content (AvgIpc) is 2.97. The van der Waals surface area contributed by atoms with E-state index in [0.29, 0.717) is 19.2 Å². The van der Waals surface area contributed by atoms with Crippen molar-refractivity contribution in [1.29, 1.82) is 0 Å². The molecule has 1 aliphatic carbocycles. The van der Waals surface area contributed by atoms with E-state index in [-0.39, 0.29) is 11.8 Å². The first-order valence-corrected chi connectivity index (χ1v) is 8.52. The van der Waals surface area contributed by atoms with Crippen LogP contribution in [0.25, 0.3) is 0 Å². The molecule has 2 aliphatic rings. The molecule has 2 rings (SSSR count). The topological polar surface area (TPSA) is 107 Å². The molecule has 1 aliphatic heterocycles. The highest BCUT2D eigenvalue weighted by atomic mass is 16.4. The summed E-state index contributed by atoms with van der Waals surface area (Å²) in [4.78, 5) is 14.1. The number of carboxylic acid groups (broad SMARTS) is 1. The summed E-state index contributed by atoms with van der Waals surface area (Å²) < 4.78 is 0. The van der Waals surface area contributed by atoms with E-state index in [1.165, 1.54) is 12.8 Å². The van der Waals surface area contributed by atoms with Gasteiger partial charge in [0.2, 0.25) is 0 Å². The highest BCUT2D eigenvalue weighted by molar-refractivity contribution is 6.40. The largest absolute Gasteiger partial charge is 0.480 e. The monoisotopic (exact) mass is 312 g/mol. The first-order chi connectivity index (χ1) is 10.4. The number of hydrogen-bond acceptors (Lipinski definition) is 5. The Balaban J connectivity index is 1.90. The molecule has 7 heteroatoms. The Morgan fingerprint density at radius 2 is 1.91 bits per heavy atom. The zero-order valence-electron chi connectivity index (χ0n) is 13.3. The normalized spacial score (nSPS) is 33.0. The number of carboxylic acids is 1. The van der Waals surface area contributed by atoms with Crippen LogP contribution in [0.5, 0.6) is 0 Å². The maximum atomic E-state index is 11.7. The number of likely N-dealkylation sites (tertiary alicyclic amines) is 1. The molecule has 3 unspecified atom stereocenters. The first-order valence-electron chi connectivity index (χ1n) is 8.52. The number of aliphatic carboxylic acids is 1. The van der Waals surface area contributed by atoms with Crippen LogP contribution in [-0.4, -0.2) is 58.3 Å². The van der Waals surface area contributed by atoms with Gasteiger partial charge in [0.25, 0.3) is 0 Å². The fourth-order valence-corrected chi connectivity index (χ4v) is 4.08. The van der Waals surface area contributed by atoms with E-state index in [9.17, 15) is 9.90 Å². The third kappa shape index (κ3) is 4.44. The number of carbonyl (C=O) groups is 1. The Labute approximate surface area is 132 Å². The molecule has 1 heterocycles. The van der Waals surface area contributed by atoms with Gasteiger partial charge < -0.3 is 25.8 Å². The van der Waals surface area contributed by atoms with Crippen LogP contribution in [0.4, 0.5) is 0 Å². The quantitative estimate of drug-likeness (QED) is 0.511. The van der Waals surface area contributed by atoms with Crippen LogP contribution in [0.1, 0.15) is 44.9 Å². The molecule has 0 amide bonds. The van der Waals surface area contributed by atoms with Crippen molar-refractivity contribution in [3.63, 3.8) is 0 Å². The third-order valence-corrected chi connectivity index (χ3v) is 5.50. The summed E-state index contributed by atoms with van der Waals surface area (Å²) in [5, 5.41) is 27.6. The maximum Gasteiger partial charge on any atom is 0.451 e. The van der Waals surface area contributed by atoms with Crippen molar-refractivity contribution in [2.45, 2.75) is 56.8 Å². The standard InChI is InChI=1S/C15H29BN2O4/c17-15(14(19)20)11-12(5-7-16(21)22)3-4-13(15)6-10-18-8-1-2-9-18/h12-13,21-22H,1-11,17H2,(H,19,20). The lowest BCUT2D eigenvalue weighted by atomic mass is 9.65. The summed E-state index contributed by atoms with van der Waals surface area (Å²) in [6, 6.07) is 0. The molecule has 0 aromatic rings. The van der Waals surface area contributed by atoms with Crippen molar-refractivity contribution >= 4 is 13.1 Å². The van der Waals surface area contributed by atoms with Gasteiger partial charge in [-0.2, -0.15) is 0 Å². The van der Waals surface area contributed by atoms with Crippen molar-refractivity contribution in [3.8, 4) is 0 Å². The van der Waals surface area contributed by atoms with Crippen LogP contribution >= 0.6 is 0 Å². The predicted octanol–water partition coefficient (Wildman–Crippen LogP) is 0.534. The number of nitrogens with two attached hydrogens (primary N) is 1. The summed E-state index contributed by atoms with van der Waals surface area (Å²) in [6.45, 7) is 3.18. The molecule has 0 spiro atoms. The zero-order chi connectivity index (χ0) is 16.2. The van der Waals surface area contributed by atoms with Crippen LogP contribution < -0.4 is 5.73 Å². The van der Waals surface area contributed by atoms with Gasteiger partial charge in [-0.1, -0.05) is 12.8 Å². The lowest BCUT2D eigenvalue weighted by molar-refractivity contribution is -0.148. The molecule has 2 fully saturated rings. The van der Waals surface area contributed by atoms with Gasteiger partial charge in [-0.25, -0.2) is 0 Å². The molecule has 6 nitrogen and oxygen atoms in total. The lowest BCUT2D eigenvalue weighted by Crippen LogP contribution is -2.58. The fourth-order valence-electron chi connectivity index (χ4n) is 4.08. The van der Waals surface area contributed by atoms with Crippen LogP contribution in [0.2, 0.25) is 6.32 Å². The molecular weight excluding hydrogens is 283 g/mol. The van der Waals surface area contributed by atoms with Crippen molar-refractivity contribution in [3.05, 3.63) is 0 Å². The molecule has 22 heavy (non-hydrogen) atoms. The van der Waals surface area contributed by atoms with Crippen molar-refractivity contribution in [2.24, 2.45) is 17.6 Å². The van der Waals surface area contributed by atoms with Crippen LogP contribution in [0, 0.1) is 11.8 Å². The van der Waals surface area contributed by atoms with Gasteiger partial charge in [0, 0.05) is 0 Å². The second-order valence-electron chi connectivity index (χ2n) is 7.09. The Hall–Kier alpha value is -0.625. The first kappa shape index (κ1) is 17.7. The summed E-state index contributed by atoms with van der Waals surface area (Å²) in [5.41, 5.74) is 5.12. The van der Waals surface area contributed by atoms with Gasteiger partial charge in [0.1, 0.15) is 5.54 Å². The summed E-state index contributed by atoms with van der Waals surface area (Å²) in [7, 11) is -1.31. The predicted molar refractivity (Wildman–Crippen MR) is 85.3 cm³/mol. The van der Waals surface area contributed by atoms with Gasteiger partial charge >= 0.3 is 13.1 Å². The number of nitrogens with zero attached hydrogens (tertiary/aromatic N) is 1. The maximum absolute atomic E-state index is 11.7. The van der Waals surface area contributed by atoms with Gasteiger partial charge in [0.15, 0.2) is 0 Å². The minimum atomic E-state index is -1.31. The molecule has 0 aromatic heterocycles. The fraction of sp³-hybridized carbons (Fsp3) is 0.933. The van der Waals surface area contributed by atoms with Gasteiger partial charge in [-0.05, 0) is 69.9 Å². The Bertz CT molecular complexity index is 377. The zero-order valence-corrected chi connectivity index (χ0v) is 13.3. The molecule has 0 bridgehead atoms. The molecule has 5 N–H and O–H groups in total. The van der Waals surface area contributed by atoms with E-state index in [1.807, 2.05) is 0 Å². The second-order valence-corrected chi connectivity index (χ2v) is 7.09. The second kappa shape index (κ2) is 7.77. The highest BCUT2D eigenvalue weighted by Crippen LogP contribution is 2.40. The molecule has 3 atom stereocenters. The van der Waals surface area contributed by atoms with E-state index >= 15 is 0 Å². The van der Waals surface area contributed by atoms with E-state index in [4.69, 9.17) is 15.8 Å². The van der Waals surface area contributed by atoms with Crippen LogP contribution in [0.15, 0.2) is 0 Å². The Morgan fingerprint density at radius 1 is 1.23 bits per heavy atom. The number of hydrogen-bond donors (Lipinski definition) is 4. The summed E-state index contributed by atoms with van der Waals surface area (Å²) >= 11 is 0. The molecule has 1 saturated carbocycles. The van der Waals surface area contributed by atoms with E-state index < -0.39 is 18.6 Å². The Kier molecular flexibility index (Phi) is 6.26. The van der Waals surface area contributed by atoms with E-state index in [2.05, 4.69) is 4.90 Å². The molecule has 0 radical (unpaired) electrons. The van der Waals surface area contributed by atoms with Crippen LogP contribution in [0.3, 0.4) is 0 Å². The smallest absolute Gasteiger partial charge is 0.451 e. The molecule has 0 aromatic carbocycles. The van der Waals surface area contributed by atoms with Crippen molar-refractivity contribution in [1.82, 2.24) is 4.90 Å². The highest BCUT2D eigenvalue weighted by Gasteiger charge is 2.46. The third-order valence-electron chi connectivity index (χ3n) is 5.50. The summed E-state index contributed by atoms with van der Waals surface area (Å²) in [5.74, 6) is -0.722. The molecule has 1 saturated heterocycles. The minimum absolute atomic E-state index is 0.0147. The minimum Gasteiger partial charge on any atom is -0.480 e. The SMILES string of the molecule is NC1(C(=O)O)CC(CCB(O)O)CCC1CCN1CCCC1. The van der Waals surface area contributed by atoms with E-state index in [1.54, 1.807) is 0 Å². The average molecular weight is 312 g/mol. The van der Waals surface area contributed by atoms with Crippen molar-refractivity contribution in [2.75, 3.05) is 19.6 Å². The van der Waals surface area contributed by atoms with E-state index in [0.717, 1.165) is 38.9 Å². The van der Waals surface area contributed by atoms with Gasteiger partial charge in [0.05, 0.1) is 0 Å². The van der Waals surface area contributed by atoms with Crippen molar-refractivity contribution < 1.29 is 19.9 Å². The van der Waals surface area contributed by atoms with Crippen LogP contribution in [-0.2, 0) is 4.79 Å². The summed E-state index contributed by atoms with van der Waals surface area (Å²) in [6.07, 6.45) is 6.44. The molecule has 126 valence electrons.